The van der Waals surface area contributed by atoms with E-state index in [2.05, 4.69) is 18.8 Å². The predicted octanol–water partition coefficient (Wildman–Crippen LogP) is 3.14. The van der Waals surface area contributed by atoms with Gasteiger partial charge in [0.1, 0.15) is 10.4 Å². The lowest BCUT2D eigenvalue weighted by Crippen LogP contribution is -2.36. The molecule has 1 fully saturated rings. The van der Waals surface area contributed by atoms with Crippen LogP contribution in [-0.2, 0) is 0 Å². The van der Waals surface area contributed by atoms with Gasteiger partial charge in [-0.25, -0.2) is 0 Å². The van der Waals surface area contributed by atoms with Gasteiger partial charge in [-0.3, -0.25) is 9.78 Å². The number of hydrogen-bond acceptors (Lipinski definition) is 4. The van der Waals surface area contributed by atoms with Crippen LogP contribution in [0.15, 0.2) is 18.3 Å². The number of anilines is 1. The molecule has 0 bridgehead atoms. The van der Waals surface area contributed by atoms with Gasteiger partial charge in [-0.1, -0.05) is 13.8 Å². The lowest BCUT2D eigenvalue weighted by atomic mass is 10.2. The Bertz CT molecular complexity index is 646. The summed E-state index contributed by atoms with van der Waals surface area (Å²) < 4.78 is 0.980. The maximum atomic E-state index is 12.8. The number of rotatable bonds is 4. The van der Waals surface area contributed by atoms with E-state index in [9.17, 15) is 4.79 Å². The lowest BCUT2D eigenvalue weighted by Gasteiger charge is -2.24. The van der Waals surface area contributed by atoms with E-state index < -0.39 is 0 Å². The summed E-state index contributed by atoms with van der Waals surface area (Å²) >= 11 is 1.45. The van der Waals surface area contributed by atoms with Gasteiger partial charge in [0.15, 0.2) is 0 Å². The van der Waals surface area contributed by atoms with Crippen LogP contribution < -0.4 is 5.73 Å². The molecule has 0 aromatic carbocycles. The molecule has 0 unspecified atom stereocenters. The third-order valence-corrected chi connectivity index (χ3v) is 4.64. The minimum Gasteiger partial charge on any atom is -0.396 e. The first-order valence-electron chi connectivity index (χ1n) is 7.02. The van der Waals surface area contributed by atoms with Gasteiger partial charge in [-0.2, -0.15) is 0 Å². The molecule has 0 saturated heterocycles. The second-order valence-corrected chi connectivity index (χ2v) is 6.83. The van der Waals surface area contributed by atoms with E-state index in [0.717, 1.165) is 29.6 Å². The molecule has 2 N–H and O–H groups in total. The maximum Gasteiger partial charge on any atom is 0.266 e. The SMILES string of the molecule is CC(C)CN(C(=O)c1sc2cccnc2c1N)C1CC1. The van der Waals surface area contributed by atoms with Crippen molar-refractivity contribution < 1.29 is 4.79 Å². The highest BCUT2D eigenvalue weighted by Crippen LogP contribution is 2.36. The van der Waals surface area contributed by atoms with Gasteiger partial charge < -0.3 is 10.6 Å². The zero-order chi connectivity index (χ0) is 14.3. The summed E-state index contributed by atoms with van der Waals surface area (Å²) in [5.74, 6) is 0.537. The average Bonchev–Trinajstić information content (AvgIpc) is 3.20. The van der Waals surface area contributed by atoms with E-state index in [0.29, 0.717) is 22.5 Å². The molecule has 3 rings (SSSR count). The van der Waals surface area contributed by atoms with Gasteiger partial charge in [0.2, 0.25) is 0 Å². The van der Waals surface area contributed by atoms with Crippen LogP contribution in [0.5, 0.6) is 0 Å². The Morgan fingerprint density at radius 3 is 2.90 bits per heavy atom. The number of carbonyl (C=O) groups excluding carboxylic acids is 1. The zero-order valence-corrected chi connectivity index (χ0v) is 12.6. The highest BCUT2D eigenvalue weighted by molar-refractivity contribution is 7.21. The first-order valence-corrected chi connectivity index (χ1v) is 7.83. The fourth-order valence-electron chi connectivity index (χ4n) is 2.41. The lowest BCUT2D eigenvalue weighted by molar-refractivity contribution is 0.0728. The summed E-state index contributed by atoms with van der Waals surface area (Å²) in [6.07, 6.45) is 3.94. The highest BCUT2D eigenvalue weighted by Gasteiger charge is 2.35. The largest absolute Gasteiger partial charge is 0.396 e. The van der Waals surface area contributed by atoms with E-state index in [1.807, 2.05) is 17.0 Å². The third kappa shape index (κ3) is 2.38. The number of nitrogens with zero attached hydrogens (tertiary/aromatic N) is 2. The molecule has 1 aliphatic rings. The van der Waals surface area contributed by atoms with Crippen molar-refractivity contribution in [2.24, 2.45) is 5.92 Å². The van der Waals surface area contributed by atoms with Crippen LogP contribution in [-0.4, -0.2) is 28.4 Å². The third-order valence-electron chi connectivity index (χ3n) is 3.49. The van der Waals surface area contributed by atoms with Gasteiger partial charge in [-0.15, -0.1) is 11.3 Å². The molecule has 106 valence electrons. The molecule has 0 atom stereocenters. The number of thiophene rings is 1. The first kappa shape index (κ1) is 13.4. The molecule has 0 spiro atoms. The Kier molecular flexibility index (Phi) is 3.38. The smallest absolute Gasteiger partial charge is 0.266 e. The normalized spacial score (nSPS) is 14.9. The molecule has 2 aromatic heterocycles. The van der Waals surface area contributed by atoms with E-state index in [-0.39, 0.29) is 5.91 Å². The molecule has 20 heavy (non-hydrogen) atoms. The Labute approximate surface area is 122 Å². The van der Waals surface area contributed by atoms with Crippen LogP contribution in [0.1, 0.15) is 36.4 Å². The highest BCUT2D eigenvalue weighted by atomic mass is 32.1. The number of pyridine rings is 1. The molecule has 1 saturated carbocycles. The Hall–Kier alpha value is -1.62. The summed E-state index contributed by atoms with van der Waals surface area (Å²) in [7, 11) is 0. The van der Waals surface area contributed by atoms with Crippen LogP contribution in [0.25, 0.3) is 10.2 Å². The fraction of sp³-hybridized carbons (Fsp3) is 0.467. The number of hydrogen-bond donors (Lipinski definition) is 1. The Morgan fingerprint density at radius 2 is 2.30 bits per heavy atom. The van der Waals surface area contributed by atoms with E-state index in [4.69, 9.17) is 5.73 Å². The number of amides is 1. The molecule has 5 heteroatoms. The summed E-state index contributed by atoms with van der Waals surface area (Å²) in [5.41, 5.74) is 7.41. The van der Waals surface area contributed by atoms with Crippen LogP contribution in [0, 0.1) is 5.92 Å². The monoisotopic (exact) mass is 289 g/mol. The number of aromatic nitrogens is 1. The quantitative estimate of drug-likeness (QED) is 0.940. The molecule has 1 aliphatic carbocycles. The van der Waals surface area contributed by atoms with E-state index >= 15 is 0 Å². The standard InChI is InChI=1S/C15H19N3OS/c1-9(2)8-18(10-5-6-10)15(19)14-12(16)13-11(20-14)4-3-7-17-13/h3-4,7,9-10H,5-6,8,16H2,1-2H3. The zero-order valence-electron chi connectivity index (χ0n) is 11.8. The molecule has 0 aliphatic heterocycles. The summed E-state index contributed by atoms with van der Waals surface area (Å²) in [5, 5.41) is 0. The van der Waals surface area contributed by atoms with Crippen molar-refractivity contribution in [3.05, 3.63) is 23.2 Å². The number of nitrogens with two attached hydrogens (primary N) is 1. The summed E-state index contributed by atoms with van der Waals surface area (Å²) in [6.45, 7) is 5.07. The molecular weight excluding hydrogens is 270 g/mol. The second-order valence-electron chi connectivity index (χ2n) is 5.78. The van der Waals surface area contributed by atoms with E-state index in [1.165, 1.54) is 11.3 Å². The number of carbonyl (C=O) groups is 1. The molecular formula is C15H19N3OS. The minimum absolute atomic E-state index is 0.0710. The first-order chi connectivity index (χ1) is 9.58. The van der Waals surface area contributed by atoms with Crippen molar-refractivity contribution in [1.82, 2.24) is 9.88 Å². The van der Waals surface area contributed by atoms with E-state index in [1.54, 1.807) is 6.20 Å². The van der Waals surface area contributed by atoms with Crippen LogP contribution in [0.3, 0.4) is 0 Å². The molecule has 2 aromatic rings. The molecule has 4 nitrogen and oxygen atoms in total. The van der Waals surface area contributed by atoms with Gasteiger partial charge in [0, 0.05) is 18.8 Å². The Balaban J connectivity index is 1.96. The summed E-state index contributed by atoms with van der Waals surface area (Å²) in [6, 6.07) is 4.24. The average molecular weight is 289 g/mol. The summed E-state index contributed by atoms with van der Waals surface area (Å²) in [4.78, 5) is 19.7. The van der Waals surface area contributed by atoms with Crippen molar-refractivity contribution in [3.63, 3.8) is 0 Å². The van der Waals surface area contributed by atoms with Crippen molar-refractivity contribution in [3.8, 4) is 0 Å². The fourth-order valence-corrected chi connectivity index (χ4v) is 3.45. The van der Waals surface area contributed by atoms with Gasteiger partial charge in [0.05, 0.1) is 10.4 Å². The minimum atomic E-state index is 0.0710. The predicted molar refractivity (Wildman–Crippen MR) is 82.9 cm³/mol. The molecule has 0 radical (unpaired) electrons. The number of nitrogen functional groups attached to an aromatic ring is 1. The van der Waals surface area contributed by atoms with Crippen LogP contribution in [0.2, 0.25) is 0 Å². The van der Waals surface area contributed by atoms with Crippen LogP contribution in [0.4, 0.5) is 5.69 Å². The Morgan fingerprint density at radius 1 is 1.55 bits per heavy atom. The van der Waals surface area contributed by atoms with Gasteiger partial charge in [0.25, 0.3) is 5.91 Å². The maximum absolute atomic E-state index is 12.8. The van der Waals surface area contributed by atoms with Crippen molar-refractivity contribution in [2.75, 3.05) is 12.3 Å². The van der Waals surface area contributed by atoms with Crippen LogP contribution >= 0.6 is 11.3 Å². The number of fused-ring (bicyclic) bond motifs is 1. The van der Waals surface area contributed by atoms with Gasteiger partial charge >= 0.3 is 0 Å². The van der Waals surface area contributed by atoms with Crippen molar-refractivity contribution >= 4 is 33.1 Å². The van der Waals surface area contributed by atoms with Gasteiger partial charge in [-0.05, 0) is 30.9 Å². The van der Waals surface area contributed by atoms with Crippen molar-refractivity contribution in [1.29, 1.82) is 0 Å². The second kappa shape index (κ2) is 5.05. The topological polar surface area (TPSA) is 59.2 Å². The molecule has 2 heterocycles. The molecule has 1 amide bonds. The van der Waals surface area contributed by atoms with Crippen molar-refractivity contribution in [2.45, 2.75) is 32.7 Å².